The number of sulfonamides is 1. The predicted molar refractivity (Wildman–Crippen MR) is 98.4 cm³/mol. The Bertz CT molecular complexity index is 1220. The van der Waals surface area contributed by atoms with Gasteiger partial charge in [-0.25, -0.2) is 17.8 Å². The third kappa shape index (κ3) is 7.87. The fourth-order valence-electron chi connectivity index (χ4n) is 2.58. The average molecular weight is 529 g/mol. The van der Waals surface area contributed by atoms with Crippen molar-refractivity contribution in [3.8, 4) is 22.7 Å². The maximum absolute atomic E-state index is 14.1. The van der Waals surface area contributed by atoms with Crippen LogP contribution in [0.1, 0.15) is 0 Å². The summed E-state index contributed by atoms with van der Waals surface area (Å²) >= 11 is 6.14. The maximum atomic E-state index is 14.1. The van der Waals surface area contributed by atoms with Gasteiger partial charge in [0.2, 0.25) is 10.0 Å². The van der Waals surface area contributed by atoms with Crippen LogP contribution in [0.15, 0.2) is 53.7 Å². The molecule has 0 aliphatic carbocycles. The first-order chi connectivity index (χ1) is 13.5. The first-order valence-electron chi connectivity index (χ1n) is 7.75. The number of hydrogen-bond donors (Lipinski definition) is 1. The summed E-state index contributed by atoms with van der Waals surface area (Å²) in [5.41, 5.74) is 1.13. The van der Waals surface area contributed by atoms with Crippen molar-refractivity contribution < 1.29 is 121 Å². The van der Waals surface area contributed by atoms with Gasteiger partial charge >= 0.3 is 88.7 Å². The first-order valence-corrected chi connectivity index (χ1v) is 11.2. The van der Waals surface area contributed by atoms with Gasteiger partial charge in [0.05, 0.1) is 17.7 Å². The van der Waals surface area contributed by atoms with Gasteiger partial charge in [-0.05, 0) is 42.5 Å². The molecule has 154 valence electrons. The summed E-state index contributed by atoms with van der Waals surface area (Å²) in [5, 5.41) is 0.0755. The number of hydrogen-bond acceptors (Lipinski definition) is 7. The molecule has 1 N–H and O–H groups in total. The van der Waals surface area contributed by atoms with Crippen LogP contribution in [0.4, 0.5) is 4.39 Å². The van der Waals surface area contributed by atoms with Gasteiger partial charge in [0, 0.05) is 19.0 Å². The third-order valence-corrected chi connectivity index (χ3v) is 6.83. The summed E-state index contributed by atoms with van der Waals surface area (Å²) in [7, 11) is -8.70. The molecule has 1 aromatic heterocycles. The van der Waals surface area contributed by atoms with E-state index in [1.165, 1.54) is 42.3 Å². The van der Waals surface area contributed by atoms with Crippen LogP contribution < -0.4 is 108 Å². The molecular formula is C16H12ClFN3Na3O6PS+. The summed E-state index contributed by atoms with van der Waals surface area (Å²) in [6, 6.07) is 9.08. The number of ether oxygens (including phenoxy) is 1. The third-order valence-electron chi connectivity index (χ3n) is 3.81. The quantitative estimate of drug-likeness (QED) is 0.248. The van der Waals surface area contributed by atoms with Crippen molar-refractivity contribution in [1.82, 2.24) is 14.0 Å². The van der Waals surface area contributed by atoms with Crippen LogP contribution in [0, 0.1) is 5.82 Å². The fourth-order valence-corrected chi connectivity index (χ4v) is 4.92. The van der Waals surface area contributed by atoms with Crippen LogP contribution in [0.25, 0.3) is 16.9 Å². The molecule has 3 rings (SSSR count). The molecule has 0 fully saturated rings. The second-order valence-electron chi connectivity index (χ2n) is 5.69. The Balaban J connectivity index is 0.00000320. The van der Waals surface area contributed by atoms with Crippen LogP contribution in [0.5, 0.6) is 5.75 Å². The van der Waals surface area contributed by atoms with Crippen LogP contribution in [-0.2, 0) is 14.6 Å². The Kier molecular flexibility index (Phi) is 13.5. The van der Waals surface area contributed by atoms with Crippen molar-refractivity contribution in [2.24, 2.45) is 0 Å². The number of halogens is 2. The Morgan fingerprint density at radius 3 is 2.22 bits per heavy atom. The Morgan fingerprint density at radius 2 is 1.72 bits per heavy atom. The van der Waals surface area contributed by atoms with Gasteiger partial charge in [-0.1, -0.05) is 11.6 Å². The van der Waals surface area contributed by atoms with E-state index in [4.69, 9.17) is 16.3 Å². The van der Waals surface area contributed by atoms with E-state index < -0.39 is 28.5 Å². The maximum Gasteiger partial charge on any atom is 1.00 e. The molecular weight excluding hydrogens is 517 g/mol. The van der Waals surface area contributed by atoms with Crippen LogP contribution in [0.2, 0.25) is 5.15 Å². The van der Waals surface area contributed by atoms with E-state index >= 15 is 0 Å². The molecule has 16 heteroatoms. The molecule has 0 aliphatic heterocycles. The van der Waals surface area contributed by atoms with Crippen LogP contribution >= 0.6 is 19.3 Å². The number of methoxy groups -OCH3 is 1. The first kappa shape index (κ1) is 32.7. The van der Waals surface area contributed by atoms with E-state index in [-0.39, 0.29) is 99.6 Å². The van der Waals surface area contributed by atoms with E-state index in [0.29, 0.717) is 16.9 Å². The molecule has 0 aliphatic rings. The molecule has 0 saturated heterocycles. The summed E-state index contributed by atoms with van der Waals surface area (Å²) in [5.74, 6) is -0.562. The Morgan fingerprint density at radius 1 is 1.12 bits per heavy atom. The molecule has 3 aromatic rings. The zero-order valence-electron chi connectivity index (χ0n) is 17.6. The van der Waals surface area contributed by atoms with Crippen molar-refractivity contribution in [3.05, 3.63) is 59.8 Å². The monoisotopic (exact) mass is 528 g/mol. The second-order valence-corrected chi connectivity index (χ2v) is 9.25. The average Bonchev–Trinajstić information content (AvgIpc) is 3.01. The summed E-state index contributed by atoms with van der Waals surface area (Å²) in [6.07, 6.45) is 1.35. The molecule has 1 heterocycles. The predicted octanol–water partition coefficient (Wildman–Crippen LogP) is -7.54. The molecule has 32 heavy (non-hydrogen) atoms. The smallest absolute Gasteiger partial charge is 0.799 e. The number of nitrogens with one attached hydrogen (secondary N) is 1. The number of nitrogens with zero attached hydrogens (tertiary/aromatic N) is 2. The molecule has 0 unspecified atom stereocenters. The van der Waals surface area contributed by atoms with E-state index in [0.717, 1.165) is 16.6 Å². The zero-order chi connectivity index (χ0) is 21.4. The van der Waals surface area contributed by atoms with Crippen molar-refractivity contribution in [2.45, 2.75) is 4.90 Å². The normalized spacial score (nSPS) is 11.0. The summed E-state index contributed by atoms with van der Waals surface area (Å²) < 4.78 is 56.0. The zero-order valence-corrected chi connectivity index (χ0v) is 26.0. The Labute approximate surface area is 255 Å². The molecule has 0 bridgehead atoms. The number of rotatable bonds is 6. The number of aromatic nitrogens is 2. The minimum Gasteiger partial charge on any atom is -0.799 e. The van der Waals surface area contributed by atoms with Gasteiger partial charge < -0.3 is 19.1 Å². The minimum atomic E-state index is -5.50. The molecule has 0 spiro atoms. The minimum absolute atomic E-state index is 0. The molecule has 0 amide bonds. The molecule has 2 aromatic carbocycles. The topological polar surface area (TPSA) is 136 Å². The number of imidazole rings is 1. The van der Waals surface area contributed by atoms with Crippen LogP contribution in [0.3, 0.4) is 0 Å². The van der Waals surface area contributed by atoms with Crippen molar-refractivity contribution in [2.75, 3.05) is 7.11 Å². The van der Waals surface area contributed by atoms with Crippen LogP contribution in [-0.4, -0.2) is 25.1 Å². The molecule has 0 atom stereocenters. The van der Waals surface area contributed by atoms with Gasteiger partial charge in [-0.15, -0.1) is 0 Å². The van der Waals surface area contributed by atoms with Crippen molar-refractivity contribution >= 4 is 29.4 Å². The van der Waals surface area contributed by atoms with Gasteiger partial charge in [-0.2, -0.15) is 4.49 Å². The molecule has 9 nitrogen and oxygen atoms in total. The second kappa shape index (κ2) is 13.2. The van der Waals surface area contributed by atoms with Gasteiger partial charge in [0.1, 0.15) is 6.33 Å². The van der Waals surface area contributed by atoms with Crippen molar-refractivity contribution in [1.29, 1.82) is 0 Å². The van der Waals surface area contributed by atoms with Gasteiger partial charge in [0.25, 0.3) is 0 Å². The summed E-state index contributed by atoms with van der Waals surface area (Å²) in [4.78, 5) is 25.0. The molecule has 0 radical (unpaired) electrons. The van der Waals surface area contributed by atoms with E-state index in [1.807, 2.05) is 0 Å². The molecule has 0 saturated carbocycles. The number of benzene rings is 2. The van der Waals surface area contributed by atoms with E-state index in [2.05, 4.69) is 4.98 Å². The summed E-state index contributed by atoms with van der Waals surface area (Å²) in [6.45, 7) is 0. The van der Waals surface area contributed by atoms with Crippen molar-refractivity contribution in [3.63, 3.8) is 0 Å². The van der Waals surface area contributed by atoms with Gasteiger partial charge in [0.15, 0.2) is 16.7 Å². The largest absolute Gasteiger partial charge is 1.00 e. The van der Waals surface area contributed by atoms with Gasteiger partial charge in [-0.3, -0.25) is 4.57 Å². The van der Waals surface area contributed by atoms with E-state index in [1.54, 1.807) is 6.07 Å². The standard InChI is InChI=1S/C16H14ClFN3O6PS.3Na/c1-27-14-7-2-10(8-13(14)18)15-16(17)19-9-21(15)11-3-5-12(6-4-11)29(25,26)20-28(22,23)24;;;/h2-9H,1H3,(H3,20,22,23,24);;;/q;3*+1/p-2. The SMILES string of the molecule is COc1ccc(-c2c(Cl)ncn2-c2ccc(S(=O)(=O)NP(=O)([O-])[O-])cc2)cc1F.[Na+].[Na+].[Na+]. The Hall–Kier alpha value is 0.730. The fraction of sp³-hybridized carbons (Fsp3) is 0.0625. The van der Waals surface area contributed by atoms with E-state index in [9.17, 15) is 27.2 Å².